The standard InChI is InChI=1S/C23H29ClN4O2/c1-17-5-3-8-21(18(17)2)26-23(30)16-28-13-11-27(12-14-28)10-9-22(29)25-20-7-4-6-19(24)15-20/h3-8,15H,9-14,16H2,1-2H3,(H,25,29)(H,26,30). The molecule has 0 radical (unpaired) electrons. The minimum Gasteiger partial charge on any atom is -0.326 e. The zero-order valence-electron chi connectivity index (χ0n) is 17.6. The molecular weight excluding hydrogens is 400 g/mol. The molecular formula is C23H29ClN4O2. The summed E-state index contributed by atoms with van der Waals surface area (Å²) in [5, 5.41) is 6.50. The van der Waals surface area contributed by atoms with Crippen LogP contribution < -0.4 is 10.6 Å². The first-order valence-corrected chi connectivity index (χ1v) is 10.6. The van der Waals surface area contributed by atoms with E-state index in [-0.39, 0.29) is 11.8 Å². The molecule has 0 spiro atoms. The third-order valence-electron chi connectivity index (χ3n) is 5.47. The van der Waals surface area contributed by atoms with Gasteiger partial charge in [-0.05, 0) is 49.2 Å². The van der Waals surface area contributed by atoms with Gasteiger partial charge in [-0.25, -0.2) is 0 Å². The van der Waals surface area contributed by atoms with Gasteiger partial charge in [-0.3, -0.25) is 14.5 Å². The normalized spacial score (nSPS) is 15.0. The molecule has 0 atom stereocenters. The first kappa shape index (κ1) is 22.3. The lowest BCUT2D eigenvalue weighted by Crippen LogP contribution is -2.49. The quantitative estimate of drug-likeness (QED) is 0.708. The number of nitrogens with one attached hydrogen (secondary N) is 2. The highest BCUT2D eigenvalue weighted by atomic mass is 35.5. The zero-order valence-corrected chi connectivity index (χ0v) is 18.3. The fourth-order valence-electron chi connectivity index (χ4n) is 3.50. The highest BCUT2D eigenvalue weighted by Crippen LogP contribution is 2.18. The molecule has 0 aliphatic carbocycles. The van der Waals surface area contributed by atoms with Crippen molar-refractivity contribution < 1.29 is 9.59 Å². The highest BCUT2D eigenvalue weighted by molar-refractivity contribution is 6.30. The number of carbonyl (C=O) groups is 2. The first-order chi connectivity index (χ1) is 14.4. The van der Waals surface area contributed by atoms with Crippen molar-refractivity contribution in [2.24, 2.45) is 0 Å². The van der Waals surface area contributed by atoms with Crippen molar-refractivity contribution in [2.45, 2.75) is 20.3 Å². The van der Waals surface area contributed by atoms with E-state index < -0.39 is 0 Å². The SMILES string of the molecule is Cc1cccc(NC(=O)CN2CCN(CCC(=O)Nc3cccc(Cl)c3)CC2)c1C. The van der Waals surface area contributed by atoms with Crippen LogP contribution in [0.25, 0.3) is 0 Å². The summed E-state index contributed by atoms with van der Waals surface area (Å²) >= 11 is 5.94. The van der Waals surface area contributed by atoms with Crippen LogP contribution in [-0.4, -0.2) is 60.9 Å². The maximum absolute atomic E-state index is 12.4. The molecule has 1 aliphatic rings. The second-order valence-corrected chi connectivity index (χ2v) is 8.16. The molecule has 7 heteroatoms. The van der Waals surface area contributed by atoms with E-state index in [1.54, 1.807) is 12.1 Å². The topological polar surface area (TPSA) is 64.7 Å². The van der Waals surface area contributed by atoms with E-state index in [0.717, 1.165) is 37.4 Å². The largest absolute Gasteiger partial charge is 0.326 e. The maximum Gasteiger partial charge on any atom is 0.238 e. The Kier molecular flexibility index (Phi) is 7.85. The van der Waals surface area contributed by atoms with Crippen LogP contribution >= 0.6 is 11.6 Å². The molecule has 0 saturated carbocycles. The van der Waals surface area contributed by atoms with Gasteiger partial charge in [-0.2, -0.15) is 0 Å². The molecule has 2 aromatic carbocycles. The first-order valence-electron chi connectivity index (χ1n) is 10.3. The fourth-order valence-corrected chi connectivity index (χ4v) is 3.69. The summed E-state index contributed by atoms with van der Waals surface area (Å²) in [5.74, 6) is -0.00866. The van der Waals surface area contributed by atoms with Gasteiger partial charge in [0.15, 0.2) is 0 Å². The van der Waals surface area contributed by atoms with Gasteiger partial charge in [0.2, 0.25) is 11.8 Å². The van der Waals surface area contributed by atoms with Crippen molar-refractivity contribution in [3.8, 4) is 0 Å². The maximum atomic E-state index is 12.4. The minimum absolute atomic E-state index is 0.0121. The molecule has 3 rings (SSSR count). The lowest BCUT2D eigenvalue weighted by Gasteiger charge is -2.34. The Morgan fingerprint density at radius 2 is 1.63 bits per heavy atom. The summed E-state index contributed by atoms with van der Waals surface area (Å²) < 4.78 is 0. The number of benzene rings is 2. The molecule has 2 N–H and O–H groups in total. The highest BCUT2D eigenvalue weighted by Gasteiger charge is 2.19. The lowest BCUT2D eigenvalue weighted by molar-refractivity contribution is -0.117. The molecule has 0 bridgehead atoms. The molecule has 6 nitrogen and oxygen atoms in total. The Hall–Kier alpha value is -2.41. The average Bonchev–Trinajstić information content (AvgIpc) is 2.71. The van der Waals surface area contributed by atoms with Crippen molar-refractivity contribution in [1.29, 1.82) is 0 Å². The summed E-state index contributed by atoms with van der Waals surface area (Å²) in [7, 11) is 0. The number of halogens is 1. The van der Waals surface area contributed by atoms with Crippen molar-refractivity contribution in [2.75, 3.05) is 49.9 Å². The van der Waals surface area contributed by atoms with Crippen LogP contribution in [0.1, 0.15) is 17.5 Å². The van der Waals surface area contributed by atoms with E-state index in [2.05, 4.69) is 20.4 Å². The monoisotopic (exact) mass is 428 g/mol. The van der Waals surface area contributed by atoms with E-state index in [1.807, 2.05) is 44.2 Å². The third kappa shape index (κ3) is 6.55. The van der Waals surface area contributed by atoms with E-state index in [4.69, 9.17) is 11.6 Å². The van der Waals surface area contributed by atoms with Crippen molar-refractivity contribution in [3.63, 3.8) is 0 Å². The van der Waals surface area contributed by atoms with Crippen LogP contribution in [0.5, 0.6) is 0 Å². The predicted octanol–water partition coefficient (Wildman–Crippen LogP) is 3.54. The van der Waals surface area contributed by atoms with Gasteiger partial charge in [0, 0.05) is 55.5 Å². The molecule has 2 amide bonds. The lowest BCUT2D eigenvalue weighted by atomic mass is 10.1. The second kappa shape index (κ2) is 10.6. The van der Waals surface area contributed by atoms with Crippen LogP contribution in [0.15, 0.2) is 42.5 Å². The van der Waals surface area contributed by atoms with Gasteiger partial charge in [-0.15, -0.1) is 0 Å². The van der Waals surface area contributed by atoms with Gasteiger partial charge in [0.05, 0.1) is 6.54 Å². The third-order valence-corrected chi connectivity index (χ3v) is 5.71. The Bertz CT molecular complexity index is 895. The van der Waals surface area contributed by atoms with Crippen molar-refractivity contribution >= 4 is 34.8 Å². The van der Waals surface area contributed by atoms with Gasteiger partial charge in [0.1, 0.15) is 0 Å². The van der Waals surface area contributed by atoms with Gasteiger partial charge in [0.25, 0.3) is 0 Å². The van der Waals surface area contributed by atoms with Crippen LogP contribution in [0.3, 0.4) is 0 Å². The summed E-state index contributed by atoms with van der Waals surface area (Å²) in [6.45, 7) is 8.48. The minimum atomic E-state index is -0.0207. The molecule has 1 heterocycles. The number of nitrogens with zero attached hydrogens (tertiary/aromatic N) is 2. The Morgan fingerprint density at radius 3 is 2.37 bits per heavy atom. The Morgan fingerprint density at radius 1 is 0.933 bits per heavy atom. The predicted molar refractivity (Wildman–Crippen MR) is 122 cm³/mol. The van der Waals surface area contributed by atoms with Crippen LogP contribution in [-0.2, 0) is 9.59 Å². The molecule has 2 aromatic rings. The van der Waals surface area contributed by atoms with Crippen LogP contribution in [0.4, 0.5) is 11.4 Å². The molecule has 0 unspecified atom stereocenters. The zero-order chi connectivity index (χ0) is 21.5. The van der Waals surface area contributed by atoms with Crippen molar-refractivity contribution in [3.05, 3.63) is 58.6 Å². The van der Waals surface area contributed by atoms with E-state index in [9.17, 15) is 9.59 Å². The summed E-state index contributed by atoms with van der Waals surface area (Å²) in [6, 6.07) is 13.1. The van der Waals surface area contributed by atoms with Crippen molar-refractivity contribution in [1.82, 2.24) is 9.80 Å². The van der Waals surface area contributed by atoms with E-state index in [1.165, 1.54) is 5.56 Å². The van der Waals surface area contributed by atoms with Crippen LogP contribution in [0, 0.1) is 13.8 Å². The number of aryl methyl sites for hydroxylation is 1. The van der Waals surface area contributed by atoms with E-state index in [0.29, 0.717) is 30.2 Å². The Balaban J connectivity index is 1.36. The number of hydrogen-bond acceptors (Lipinski definition) is 4. The molecule has 1 aliphatic heterocycles. The molecule has 1 saturated heterocycles. The molecule has 1 fully saturated rings. The van der Waals surface area contributed by atoms with Crippen LogP contribution in [0.2, 0.25) is 5.02 Å². The summed E-state index contributed by atoms with van der Waals surface area (Å²) in [6.07, 6.45) is 0.430. The second-order valence-electron chi connectivity index (χ2n) is 7.72. The number of piperazine rings is 1. The number of carbonyl (C=O) groups excluding carboxylic acids is 2. The molecule has 160 valence electrons. The average molecular weight is 429 g/mol. The fraction of sp³-hybridized carbons (Fsp3) is 0.391. The van der Waals surface area contributed by atoms with E-state index >= 15 is 0 Å². The molecule has 30 heavy (non-hydrogen) atoms. The molecule has 0 aromatic heterocycles. The van der Waals surface area contributed by atoms with Gasteiger partial charge in [-0.1, -0.05) is 29.8 Å². The number of hydrogen-bond donors (Lipinski definition) is 2. The number of anilines is 2. The van der Waals surface area contributed by atoms with Gasteiger partial charge < -0.3 is 15.5 Å². The Labute approximate surface area is 183 Å². The summed E-state index contributed by atoms with van der Waals surface area (Å²) in [4.78, 5) is 29.0. The number of rotatable bonds is 7. The summed E-state index contributed by atoms with van der Waals surface area (Å²) in [5.41, 5.74) is 3.86. The number of amides is 2. The van der Waals surface area contributed by atoms with Gasteiger partial charge >= 0.3 is 0 Å². The smallest absolute Gasteiger partial charge is 0.238 e.